The lowest BCUT2D eigenvalue weighted by Crippen LogP contribution is -2.35. The van der Waals surface area contributed by atoms with Crippen LogP contribution >= 0.6 is 0 Å². The Labute approximate surface area is 98.1 Å². The predicted octanol–water partition coefficient (Wildman–Crippen LogP) is 0.353. The second-order valence-corrected chi connectivity index (χ2v) is 3.39. The second-order valence-electron chi connectivity index (χ2n) is 3.39. The van der Waals surface area contributed by atoms with Crippen molar-refractivity contribution in [1.29, 1.82) is 0 Å². The van der Waals surface area contributed by atoms with Crippen LogP contribution in [0.5, 0.6) is 0 Å². The molecule has 7 nitrogen and oxygen atoms in total. The van der Waals surface area contributed by atoms with Gasteiger partial charge in [-0.1, -0.05) is 12.1 Å². The number of rotatable bonds is 6. The summed E-state index contributed by atoms with van der Waals surface area (Å²) < 4.78 is 0. The molecule has 0 spiro atoms. The standard InChI is InChI=1S/C10H14N4O3/c11-10(15)13-5-4-12-7-8-2-1-3-9(6-8)14(16)17/h1-3,6,12H,4-5,7H2,(H3,11,13,15). The van der Waals surface area contributed by atoms with Crippen LogP contribution in [0.3, 0.4) is 0 Å². The zero-order valence-electron chi connectivity index (χ0n) is 9.18. The quantitative estimate of drug-likeness (QED) is 0.377. The van der Waals surface area contributed by atoms with Gasteiger partial charge in [0.2, 0.25) is 0 Å². The molecule has 2 amide bonds. The molecule has 0 aromatic heterocycles. The van der Waals surface area contributed by atoms with E-state index < -0.39 is 11.0 Å². The van der Waals surface area contributed by atoms with Crippen molar-refractivity contribution in [2.24, 2.45) is 5.73 Å². The summed E-state index contributed by atoms with van der Waals surface area (Å²) in [4.78, 5) is 20.5. The fourth-order valence-corrected chi connectivity index (χ4v) is 1.29. The third-order valence-electron chi connectivity index (χ3n) is 2.05. The fourth-order valence-electron chi connectivity index (χ4n) is 1.29. The number of carbonyl (C=O) groups is 1. The Hall–Kier alpha value is -2.15. The van der Waals surface area contributed by atoms with E-state index >= 15 is 0 Å². The molecule has 4 N–H and O–H groups in total. The first-order valence-electron chi connectivity index (χ1n) is 5.07. The first kappa shape index (κ1) is 12.9. The van der Waals surface area contributed by atoms with Crippen molar-refractivity contribution < 1.29 is 9.72 Å². The van der Waals surface area contributed by atoms with Crippen LogP contribution in [0.2, 0.25) is 0 Å². The summed E-state index contributed by atoms with van der Waals surface area (Å²) in [5.41, 5.74) is 5.77. The van der Waals surface area contributed by atoms with Gasteiger partial charge in [0, 0.05) is 31.8 Å². The summed E-state index contributed by atoms with van der Waals surface area (Å²) >= 11 is 0. The number of urea groups is 1. The Bertz CT molecular complexity index is 408. The van der Waals surface area contributed by atoms with Gasteiger partial charge in [0.25, 0.3) is 5.69 Å². The van der Waals surface area contributed by atoms with Crippen LogP contribution < -0.4 is 16.4 Å². The molecule has 7 heteroatoms. The third kappa shape index (κ3) is 4.94. The van der Waals surface area contributed by atoms with Crippen LogP contribution in [-0.2, 0) is 6.54 Å². The van der Waals surface area contributed by atoms with E-state index in [1.165, 1.54) is 12.1 Å². The van der Waals surface area contributed by atoms with Gasteiger partial charge < -0.3 is 16.4 Å². The summed E-state index contributed by atoms with van der Waals surface area (Å²) in [6.07, 6.45) is 0. The largest absolute Gasteiger partial charge is 0.352 e. The molecule has 92 valence electrons. The number of nitro benzene ring substituents is 1. The lowest BCUT2D eigenvalue weighted by molar-refractivity contribution is -0.384. The number of nitrogens with one attached hydrogen (secondary N) is 2. The van der Waals surface area contributed by atoms with Gasteiger partial charge in [-0.15, -0.1) is 0 Å². The maximum absolute atomic E-state index is 10.5. The van der Waals surface area contributed by atoms with Crippen LogP contribution in [0.1, 0.15) is 5.56 Å². The zero-order chi connectivity index (χ0) is 12.7. The monoisotopic (exact) mass is 238 g/mol. The summed E-state index contributed by atoms with van der Waals surface area (Å²) in [6, 6.07) is 5.81. The fraction of sp³-hybridized carbons (Fsp3) is 0.300. The van der Waals surface area contributed by atoms with Gasteiger partial charge >= 0.3 is 6.03 Å². The molecule has 0 saturated heterocycles. The smallest absolute Gasteiger partial charge is 0.312 e. The van der Waals surface area contributed by atoms with Crippen LogP contribution in [0.4, 0.5) is 10.5 Å². The number of amides is 2. The topological polar surface area (TPSA) is 110 Å². The molecular weight excluding hydrogens is 224 g/mol. The highest BCUT2D eigenvalue weighted by Gasteiger charge is 2.04. The highest BCUT2D eigenvalue weighted by molar-refractivity contribution is 5.71. The lowest BCUT2D eigenvalue weighted by Gasteiger charge is -2.05. The number of nitrogens with zero attached hydrogens (tertiary/aromatic N) is 1. The van der Waals surface area contributed by atoms with Crippen LogP contribution in [0.15, 0.2) is 24.3 Å². The molecule has 0 atom stereocenters. The maximum atomic E-state index is 10.5. The zero-order valence-corrected chi connectivity index (χ0v) is 9.18. The summed E-state index contributed by atoms with van der Waals surface area (Å²) in [7, 11) is 0. The normalized spacial score (nSPS) is 9.88. The first-order chi connectivity index (χ1) is 8.09. The second kappa shape index (κ2) is 6.44. The SMILES string of the molecule is NC(=O)NCCNCc1cccc([N+](=O)[O-])c1. The predicted molar refractivity (Wildman–Crippen MR) is 62.4 cm³/mol. The minimum absolute atomic E-state index is 0.0690. The molecule has 1 rings (SSSR count). The number of benzene rings is 1. The molecule has 0 saturated carbocycles. The molecule has 0 bridgehead atoms. The van der Waals surface area contributed by atoms with Crippen molar-refractivity contribution in [2.75, 3.05) is 13.1 Å². The number of nitro groups is 1. The molecule has 0 aliphatic rings. The third-order valence-corrected chi connectivity index (χ3v) is 2.05. The van der Waals surface area contributed by atoms with Crippen molar-refractivity contribution >= 4 is 11.7 Å². The van der Waals surface area contributed by atoms with Crippen LogP contribution in [0.25, 0.3) is 0 Å². The van der Waals surface area contributed by atoms with Gasteiger partial charge in [-0.05, 0) is 5.56 Å². The molecular formula is C10H14N4O3. The first-order valence-corrected chi connectivity index (χ1v) is 5.07. The Morgan fingerprint density at radius 1 is 1.41 bits per heavy atom. The van der Waals surface area contributed by atoms with E-state index in [0.717, 1.165) is 5.56 Å². The highest BCUT2D eigenvalue weighted by atomic mass is 16.6. The summed E-state index contributed by atoms with van der Waals surface area (Å²) in [5, 5.41) is 16.0. The number of non-ortho nitro benzene ring substituents is 1. The molecule has 0 unspecified atom stereocenters. The van der Waals surface area contributed by atoms with Crippen molar-refractivity contribution in [3.05, 3.63) is 39.9 Å². The van der Waals surface area contributed by atoms with Gasteiger partial charge in [-0.25, -0.2) is 4.79 Å². The maximum Gasteiger partial charge on any atom is 0.312 e. The molecule has 17 heavy (non-hydrogen) atoms. The average molecular weight is 238 g/mol. The molecule has 0 aliphatic carbocycles. The van der Waals surface area contributed by atoms with Crippen LogP contribution in [-0.4, -0.2) is 24.0 Å². The number of hydrogen-bond donors (Lipinski definition) is 3. The number of hydrogen-bond acceptors (Lipinski definition) is 4. The van der Waals surface area contributed by atoms with Crippen LogP contribution in [0, 0.1) is 10.1 Å². The molecule has 0 aliphatic heterocycles. The Morgan fingerprint density at radius 3 is 2.82 bits per heavy atom. The molecule has 0 fully saturated rings. The van der Waals surface area contributed by atoms with E-state index in [2.05, 4.69) is 10.6 Å². The van der Waals surface area contributed by atoms with E-state index in [-0.39, 0.29) is 5.69 Å². The minimum Gasteiger partial charge on any atom is -0.352 e. The van der Waals surface area contributed by atoms with Gasteiger partial charge in [0.05, 0.1) is 4.92 Å². The van der Waals surface area contributed by atoms with Crippen molar-refractivity contribution in [3.63, 3.8) is 0 Å². The molecule has 1 aromatic carbocycles. The minimum atomic E-state index is -0.567. The molecule has 0 radical (unpaired) electrons. The number of primary amides is 1. The van der Waals surface area contributed by atoms with E-state index in [0.29, 0.717) is 19.6 Å². The number of nitrogens with two attached hydrogens (primary N) is 1. The van der Waals surface area contributed by atoms with E-state index in [1.54, 1.807) is 12.1 Å². The Balaban J connectivity index is 2.34. The average Bonchev–Trinajstić information content (AvgIpc) is 2.28. The van der Waals surface area contributed by atoms with Crippen molar-refractivity contribution in [1.82, 2.24) is 10.6 Å². The Morgan fingerprint density at radius 2 is 2.18 bits per heavy atom. The summed E-state index contributed by atoms with van der Waals surface area (Å²) in [5.74, 6) is 0. The molecule has 1 aromatic rings. The Kier molecular flexibility index (Phi) is 4.89. The highest BCUT2D eigenvalue weighted by Crippen LogP contribution is 2.12. The van der Waals surface area contributed by atoms with Gasteiger partial charge in [-0.3, -0.25) is 10.1 Å². The van der Waals surface area contributed by atoms with Gasteiger partial charge in [-0.2, -0.15) is 0 Å². The van der Waals surface area contributed by atoms with Gasteiger partial charge in [0.15, 0.2) is 0 Å². The lowest BCUT2D eigenvalue weighted by atomic mass is 10.2. The van der Waals surface area contributed by atoms with E-state index in [4.69, 9.17) is 5.73 Å². The van der Waals surface area contributed by atoms with E-state index in [1.807, 2.05) is 0 Å². The summed E-state index contributed by atoms with van der Waals surface area (Å²) in [6.45, 7) is 1.47. The van der Waals surface area contributed by atoms with Crippen molar-refractivity contribution in [3.8, 4) is 0 Å². The van der Waals surface area contributed by atoms with E-state index in [9.17, 15) is 14.9 Å². The number of carbonyl (C=O) groups excluding carboxylic acids is 1. The van der Waals surface area contributed by atoms with Gasteiger partial charge in [0.1, 0.15) is 0 Å². The van der Waals surface area contributed by atoms with Crippen molar-refractivity contribution in [2.45, 2.75) is 6.54 Å². The molecule has 0 heterocycles.